The van der Waals surface area contributed by atoms with Gasteiger partial charge in [0.1, 0.15) is 23.1 Å². The molecule has 7 nitrogen and oxygen atoms in total. The van der Waals surface area contributed by atoms with Crippen molar-refractivity contribution in [2.75, 3.05) is 0 Å². The van der Waals surface area contributed by atoms with Crippen LogP contribution in [0.25, 0.3) is 0 Å². The number of amides is 3. The van der Waals surface area contributed by atoms with Gasteiger partial charge in [-0.25, -0.2) is 9.78 Å². The molecule has 1 saturated carbocycles. The van der Waals surface area contributed by atoms with Crippen LogP contribution in [0.2, 0.25) is 0 Å². The SMILES string of the molecule is CC(C)c1ccc(OCc2nc(C(=O)N[C@@H]3CCCC[C@H]3NC(=O)NC(C)(C)C)cs2)cc1. The minimum Gasteiger partial charge on any atom is -0.486 e. The molecule has 0 saturated heterocycles. The molecule has 0 unspecified atom stereocenters. The summed E-state index contributed by atoms with van der Waals surface area (Å²) in [5.41, 5.74) is 1.34. The lowest BCUT2D eigenvalue weighted by Gasteiger charge is -2.33. The van der Waals surface area contributed by atoms with Gasteiger partial charge in [-0.3, -0.25) is 4.79 Å². The van der Waals surface area contributed by atoms with E-state index in [1.54, 1.807) is 5.38 Å². The van der Waals surface area contributed by atoms with Crippen molar-refractivity contribution in [2.45, 2.75) is 90.4 Å². The molecule has 33 heavy (non-hydrogen) atoms. The Kier molecular flexibility index (Phi) is 8.35. The first-order valence-corrected chi connectivity index (χ1v) is 12.6. The molecule has 0 spiro atoms. The Labute approximate surface area is 200 Å². The molecule has 1 heterocycles. The first kappa shape index (κ1) is 25.0. The summed E-state index contributed by atoms with van der Waals surface area (Å²) in [6, 6.07) is 7.64. The van der Waals surface area contributed by atoms with E-state index in [0.29, 0.717) is 18.2 Å². The van der Waals surface area contributed by atoms with Crippen LogP contribution in [0.4, 0.5) is 4.79 Å². The molecule has 0 radical (unpaired) electrons. The Morgan fingerprint density at radius 3 is 2.33 bits per heavy atom. The van der Waals surface area contributed by atoms with E-state index in [4.69, 9.17) is 4.74 Å². The van der Waals surface area contributed by atoms with Crippen molar-refractivity contribution in [1.82, 2.24) is 20.9 Å². The molecule has 2 atom stereocenters. The van der Waals surface area contributed by atoms with Gasteiger partial charge in [-0.05, 0) is 57.2 Å². The number of thiazole rings is 1. The number of ether oxygens (including phenoxy) is 1. The normalized spacial score (nSPS) is 18.6. The molecule has 1 aromatic heterocycles. The molecule has 3 rings (SSSR count). The van der Waals surface area contributed by atoms with Crippen molar-refractivity contribution >= 4 is 23.3 Å². The zero-order valence-corrected chi connectivity index (χ0v) is 21.1. The summed E-state index contributed by atoms with van der Waals surface area (Å²) >= 11 is 1.41. The highest BCUT2D eigenvalue weighted by atomic mass is 32.1. The fraction of sp³-hybridized carbons (Fsp3) is 0.560. The first-order chi connectivity index (χ1) is 15.6. The molecule has 180 valence electrons. The van der Waals surface area contributed by atoms with Crippen molar-refractivity contribution < 1.29 is 14.3 Å². The molecular weight excluding hydrogens is 436 g/mol. The summed E-state index contributed by atoms with van der Waals surface area (Å²) in [6.45, 7) is 10.5. The largest absolute Gasteiger partial charge is 0.486 e. The van der Waals surface area contributed by atoms with Crippen molar-refractivity contribution in [3.8, 4) is 5.75 Å². The van der Waals surface area contributed by atoms with Crippen molar-refractivity contribution in [3.05, 3.63) is 45.9 Å². The molecule has 1 aliphatic rings. The van der Waals surface area contributed by atoms with E-state index < -0.39 is 0 Å². The minimum absolute atomic E-state index is 0.0969. The summed E-state index contributed by atoms with van der Waals surface area (Å²) < 4.78 is 5.83. The van der Waals surface area contributed by atoms with E-state index in [1.807, 2.05) is 32.9 Å². The monoisotopic (exact) mass is 472 g/mol. The summed E-state index contributed by atoms with van der Waals surface area (Å²) in [6.07, 6.45) is 3.73. The van der Waals surface area contributed by atoms with Gasteiger partial charge in [-0.2, -0.15) is 0 Å². The van der Waals surface area contributed by atoms with Gasteiger partial charge in [0.2, 0.25) is 0 Å². The zero-order chi connectivity index (χ0) is 24.0. The van der Waals surface area contributed by atoms with Gasteiger partial charge in [0, 0.05) is 17.0 Å². The summed E-state index contributed by atoms with van der Waals surface area (Å²) in [5, 5.41) is 11.5. The van der Waals surface area contributed by atoms with Crippen LogP contribution in [-0.4, -0.2) is 34.5 Å². The van der Waals surface area contributed by atoms with Crippen molar-refractivity contribution in [2.24, 2.45) is 0 Å². The maximum atomic E-state index is 12.8. The van der Waals surface area contributed by atoms with Gasteiger partial charge >= 0.3 is 6.03 Å². The van der Waals surface area contributed by atoms with Crippen LogP contribution < -0.4 is 20.7 Å². The molecular formula is C25H36N4O3S. The number of nitrogens with one attached hydrogen (secondary N) is 3. The molecule has 0 aliphatic heterocycles. The highest BCUT2D eigenvalue weighted by Gasteiger charge is 2.29. The topological polar surface area (TPSA) is 92.3 Å². The van der Waals surface area contributed by atoms with Crippen LogP contribution >= 0.6 is 11.3 Å². The van der Waals surface area contributed by atoms with E-state index in [1.165, 1.54) is 16.9 Å². The van der Waals surface area contributed by atoms with E-state index in [2.05, 4.69) is 46.9 Å². The number of urea groups is 1. The number of hydrogen-bond donors (Lipinski definition) is 3. The van der Waals surface area contributed by atoms with E-state index in [0.717, 1.165) is 36.4 Å². The highest BCUT2D eigenvalue weighted by Crippen LogP contribution is 2.22. The molecule has 1 aromatic carbocycles. The number of carbonyl (C=O) groups excluding carboxylic acids is 2. The predicted octanol–water partition coefficient (Wildman–Crippen LogP) is 4.98. The van der Waals surface area contributed by atoms with Crippen LogP contribution in [0.1, 0.15) is 87.3 Å². The Hall–Kier alpha value is -2.61. The van der Waals surface area contributed by atoms with Crippen LogP contribution in [0.3, 0.4) is 0 Å². The average molecular weight is 473 g/mol. The maximum Gasteiger partial charge on any atom is 0.315 e. The summed E-state index contributed by atoms with van der Waals surface area (Å²) in [4.78, 5) is 29.6. The number of rotatable bonds is 7. The molecule has 8 heteroatoms. The number of carbonyl (C=O) groups is 2. The fourth-order valence-electron chi connectivity index (χ4n) is 3.84. The average Bonchev–Trinajstić information content (AvgIpc) is 3.22. The van der Waals surface area contributed by atoms with Crippen LogP contribution in [0, 0.1) is 0 Å². The number of hydrogen-bond acceptors (Lipinski definition) is 5. The van der Waals surface area contributed by atoms with Crippen molar-refractivity contribution in [1.29, 1.82) is 0 Å². The van der Waals surface area contributed by atoms with Crippen LogP contribution in [0.5, 0.6) is 5.75 Å². The molecule has 3 N–H and O–H groups in total. The number of nitrogens with zero attached hydrogens (tertiary/aromatic N) is 1. The van der Waals surface area contributed by atoms with E-state index in [-0.39, 0.29) is 29.6 Å². The quantitative estimate of drug-likeness (QED) is 0.530. The molecule has 3 amide bonds. The lowest BCUT2D eigenvalue weighted by molar-refractivity contribution is 0.0910. The van der Waals surface area contributed by atoms with Gasteiger partial charge in [-0.1, -0.05) is 38.8 Å². The smallest absolute Gasteiger partial charge is 0.315 e. The van der Waals surface area contributed by atoms with Crippen molar-refractivity contribution in [3.63, 3.8) is 0 Å². The van der Waals surface area contributed by atoms with E-state index >= 15 is 0 Å². The maximum absolute atomic E-state index is 12.8. The predicted molar refractivity (Wildman–Crippen MR) is 132 cm³/mol. The van der Waals surface area contributed by atoms with Crippen LogP contribution in [-0.2, 0) is 6.61 Å². The minimum atomic E-state index is -0.312. The third kappa shape index (κ3) is 7.74. The Morgan fingerprint density at radius 1 is 1.09 bits per heavy atom. The van der Waals surface area contributed by atoms with E-state index in [9.17, 15) is 9.59 Å². The fourth-order valence-corrected chi connectivity index (χ4v) is 4.52. The Balaban J connectivity index is 1.53. The first-order valence-electron chi connectivity index (χ1n) is 11.7. The zero-order valence-electron chi connectivity index (χ0n) is 20.2. The highest BCUT2D eigenvalue weighted by molar-refractivity contribution is 7.09. The molecule has 1 aliphatic carbocycles. The second-order valence-electron chi connectivity index (χ2n) is 9.96. The molecule has 1 fully saturated rings. The number of aromatic nitrogens is 1. The Bertz CT molecular complexity index is 934. The third-order valence-corrected chi connectivity index (χ3v) is 6.40. The Morgan fingerprint density at radius 2 is 1.73 bits per heavy atom. The van der Waals surface area contributed by atoms with Gasteiger partial charge in [0.05, 0.1) is 6.04 Å². The second kappa shape index (κ2) is 11.0. The van der Waals surface area contributed by atoms with Crippen LogP contribution in [0.15, 0.2) is 29.6 Å². The number of benzene rings is 1. The lowest BCUT2D eigenvalue weighted by Crippen LogP contribution is -2.57. The lowest BCUT2D eigenvalue weighted by atomic mass is 9.90. The van der Waals surface area contributed by atoms with Gasteiger partial charge in [0.15, 0.2) is 0 Å². The second-order valence-corrected chi connectivity index (χ2v) is 10.9. The summed E-state index contributed by atoms with van der Waals surface area (Å²) in [5.74, 6) is 1.05. The van der Waals surface area contributed by atoms with Gasteiger partial charge in [-0.15, -0.1) is 11.3 Å². The molecule has 0 bridgehead atoms. The third-order valence-electron chi connectivity index (χ3n) is 5.58. The van der Waals surface area contributed by atoms with Gasteiger partial charge in [0.25, 0.3) is 5.91 Å². The molecule has 2 aromatic rings. The standard InChI is InChI=1S/C25H36N4O3S/c1-16(2)17-10-12-18(13-11-17)32-14-22-26-21(15-33-22)23(30)27-19-8-6-7-9-20(19)28-24(31)29-25(3,4)5/h10-13,15-16,19-20H,6-9,14H2,1-5H3,(H,27,30)(H2,28,29,31)/t19-,20-/m1/s1. The van der Waals surface area contributed by atoms with Gasteiger partial charge < -0.3 is 20.7 Å². The summed E-state index contributed by atoms with van der Waals surface area (Å²) in [7, 11) is 0.